The predicted molar refractivity (Wildman–Crippen MR) is 159 cm³/mol. The van der Waals surface area contributed by atoms with Crippen molar-refractivity contribution in [2.75, 3.05) is 13.1 Å². The van der Waals surface area contributed by atoms with Crippen molar-refractivity contribution in [3.05, 3.63) is 115 Å². The molecule has 1 saturated heterocycles. The molecule has 0 spiro atoms. The highest BCUT2D eigenvalue weighted by Gasteiger charge is 2.30. The normalized spacial score (nSPS) is 17.2. The third kappa shape index (κ3) is 6.22. The van der Waals surface area contributed by atoms with E-state index in [0.29, 0.717) is 10.5 Å². The van der Waals surface area contributed by atoms with Gasteiger partial charge in [0.05, 0.1) is 4.91 Å². The molecule has 3 aromatic carbocycles. The van der Waals surface area contributed by atoms with Crippen LogP contribution in [0.15, 0.2) is 104 Å². The summed E-state index contributed by atoms with van der Waals surface area (Å²) in [5.41, 5.74) is 4.12. The van der Waals surface area contributed by atoms with Crippen molar-refractivity contribution in [1.82, 2.24) is 4.90 Å². The number of carbonyl (C=O) groups is 2. The van der Waals surface area contributed by atoms with Crippen molar-refractivity contribution in [2.45, 2.75) is 19.3 Å². The lowest BCUT2D eigenvalue weighted by Crippen LogP contribution is -2.23. The highest BCUT2D eigenvalue weighted by atomic mass is 79.9. The van der Waals surface area contributed by atoms with Crippen molar-refractivity contribution < 1.29 is 9.59 Å². The SMILES string of the molecule is O=C1N=C(N2CCCC2)S/C1=C(\C=C(/CC(=O)c1ccc(Br)cc1)c1ccccc1)c1ccc(Br)cc1. The second-order valence-electron chi connectivity index (χ2n) is 8.89. The average molecular weight is 636 g/mol. The molecule has 0 aliphatic carbocycles. The Bertz CT molecular complexity index is 1410. The molecule has 2 aliphatic rings. The number of nitrogens with zero attached hydrogens (tertiary/aromatic N) is 2. The number of amidine groups is 1. The van der Waals surface area contributed by atoms with Gasteiger partial charge in [-0.1, -0.05) is 86.5 Å². The summed E-state index contributed by atoms with van der Waals surface area (Å²) in [6, 6.07) is 25.2. The summed E-state index contributed by atoms with van der Waals surface area (Å²) >= 11 is 8.39. The third-order valence-corrected chi connectivity index (χ3v) is 8.53. The number of allylic oxidation sites excluding steroid dienone is 3. The fourth-order valence-corrected chi connectivity index (χ4v) is 5.96. The second kappa shape index (κ2) is 11.8. The minimum atomic E-state index is -0.229. The molecule has 2 heterocycles. The van der Waals surface area contributed by atoms with Gasteiger partial charge in [0, 0.05) is 39.6 Å². The molecular weight excluding hydrogens is 612 g/mol. The topological polar surface area (TPSA) is 49.7 Å². The van der Waals surface area contributed by atoms with Gasteiger partial charge in [0.25, 0.3) is 5.91 Å². The van der Waals surface area contributed by atoms with E-state index in [4.69, 9.17) is 0 Å². The Morgan fingerprint density at radius 3 is 2.05 bits per heavy atom. The van der Waals surface area contributed by atoms with Gasteiger partial charge in [0.15, 0.2) is 11.0 Å². The Morgan fingerprint density at radius 1 is 0.838 bits per heavy atom. The van der Waals surface area contributed by atoms with Gasteiger partial charge in [0.2, 0.25) is 0 Å². The molecule has 1 fully saturated rings. The largest absolute Gasteiger partial charge is 0.351 e. The Balaban J connectivity index is 1.59. The lowest BCUT2D eigenvalue weighted by Gasteiger charge is -2.16. The number of aliphatic imine (C=N–C) groups is 1. The van der Waals surface area contributed by atoms with E-state index >= 15 is 0 Å². The van der Waals surface area contributed by atoms with Gasteiger partial charge >= 0.3 is 0 Å². The van der Waals surface area contributed by atoms with Gasteiger partial charge in [-0.25, -0.2) is 0 Å². The molecule has 0 N–H and O–H groups in total. The van der Waals surface area contributed by atoms with Crippen LogP contribution in [-0.2, 0) is 4.79 Å². The number of amides is 1. The molecule has 0 unspecified atom stereocenters. The number of hydrogen-bond donors (Lipinski definition) is 0. The number of likely N-dealkylation sites (tertiary alicyclic amines) is 1. The molecule has 0 saturated carbocycles. The first-order chi connectivity index (χ1) is 18.0. The smallest absolute Gasteiger partial charge is 0.286 e. The van der Waals surface area contributed by atoms with Crippen LogP contribution >= 0.6 is 43.6 Å². The molecule has 2 aliphatic heterocycles. The minimum absolute atomic E-state index is 0.0159. The molecule has 0 aromatic heterocycles. The minimum Gasteiger partial charge on any atom is -0.351 e. The van der Waals surface area contributed by atoms with E-state index in [0.717, 1.165) is 62.3 Å². The van der Waals surface area contributed by atoms with Crippen LogP contribution < -0.4 is 0 Å². The summed E-state index contributed by atoms with van der Waals surface area (Å²) in [5.74, 6) is -0.213. The van der Waals surface area contributed by atoms with E-state index in [1.54, 1.807) is 0 Å². The summed E-state index contributed by atoms with van der Waals surface area (Å²) in [6.07, 6.45) is 4.43. The van der Waals surface area contributed by atoms with Crippen LogP contribution in [0.25, 0.3) is 11.1 Å². The number of benzene rings is 3. The highest BCUT2D eigenvalue weighted by molar-refractivity contribution is 9.10. The standard InChI is InChI=1S/C30H24Br2N2O2S/c31-24-12-8-21(9-13-24)26(28-29(36)33-30(37-28)34-16-4-5-17-34)18-23(20-6-2-1-3-7-20)19-27(35)22-10-14-25(32)15-11-22/h1-3,6-15,18H,4-5,16-17,19H2/b23-18+,28-26+. The first-order valence-corrected chi connectivity index (χ1v) is 14.5. The van der Waals surface area contributed by atoms with Crippen LogP contribution in [0.3, 0.4) is 0 Å². The quantitative estimate of drug-likeness (QED) is 0.203. The van der Waals surface area contributed by atoms with Crippen LogP contribution in [-0.4, -0.2) is 34.8 Å². The van der Waals surface area contributed by atoms with Gasteiger partial charge in [-0.05, 0) is 71.6 Å². The zero-order chi connectivity index (χ0) is 25.8. The fourth-order valence-electron chi connectivity index (χ4n) is 4.39. The Morgan fingerprint density at radius 2 is 1.43 bits per heavy atom. The van der Waals surface area contributed by atoms with Crippen molar-refractivity contribution >= 4 is 71.6 Å². The number of Topliss-reactive ketones (excluding diaryl/α,β-unsaturated/α-hetero) is 1. The zero-order valence-corrected chi connectivity index (χ0v) is 24.0. The van der Waals surface area contributed by atoms with Gasteiger partial charge in [-0.2, -0.15) is 4.99 Å². The number of rotatable bonds is 6. The van der Waals surface area contributed by atoms with Gasteiger partial charge < -0.3 is 4.90 Å². The molecular formula is C30H24Br2N2O2S. The predicted octanol–water partition coefficient (Wildman–Crippen LogP) is 8.00. The van der Waals surface area contributed by atoms with Crippen LogP contribution in [0.5, 0.6) is 0 Å². The lowest BCUT2D eigenvalue weighted by atomic mass is 9.93. The van der Waals surface area contributed by atoms with Crippen LogP contribution in [0.4, 0.5) is 0 Å². The molecule has 0 radical (unpaired) electrons. The summed E-state index contributed by atoms with van der Waals surface area (Å²) in [6.45, 7) is 1.85. The Labute approximate surface area is 237 Å². The number of hydrogen-bond acceptors (Lipinski definition) is 4. The van der Waals surface area contributed by atoms with Crippen molar-refractivity contribution in [3.8, 4) is 0 Å². The lowest BCUT2D eigenvalue weighted by molar-refractivity contribution is -0.113. The number of carbonyl (C=O) groups excluding carboxylic acids is 2. The first kappa shape index (κ1) is 25.9. The summed E-state index contributed by atoms with van der Waals surface area (Å²) in [5, 5.41) is 0.771. The maximum absolute atomic E-state index is 13.3. The number of thioether (sulfide) groups is 1. The molecule has 0 bridgehead atoms. The highest BCUT2D eigenvalue weighted by Crippen LogP contribution is 2.38. The maximum atomic E-state index is 13.3. The van der Waals surface area contributed by atoms with Crippen LogP contribution in [0.2, 0.25) is 0 Å². The van der Waals surface area contributed by atoms with E-state index in [1.807, 2.05) is 84.9 Å². The van der Waals surface area contributed by atoms with Crippen molar-refractivity contribution in [3.63, 3.8) is 0 Å². The van der Waals surface area contributed by atoms with E-state index in [1.165, 1.54) is 11.8 Å². The van der Waals surface area contributed by atoms with Crippen LogP contribution in [0.1, 0.15) is 40.7 Å². The molecule has 186 valence electrons. The first-order valence-electron chi connectivity index (χ1n) is 12.1. The summed E-state index contributed by atoms with van der Waals surface area (Å²) in [7, 11) is 0. The Kier molecular flexibility index (Phi) is 8.23. The fraction of sp³-hybridized carbons (Fsp3) is 0.167. The zero-order valence-electron chi connectivity index (χ0n) is 20.0. The molecule has 7 heteroatoms. The van der Waals surface area contributed by atoms with Gasteiger partial charge in [0.1, 0.15) is 0 Å². The van der Waals surface area contributed by atoms with E-state index < -0.39 is 0 Å². The van der Waals surface area contributed by atoms with Crippen molar-refractivity contribution in [2.24, 2.45) is 4.99 Å². The molecule has 4 nitrogen and oxygen atoms in total. The number of ketones is 1. The summed E-state index contributed by atoms with van der Waals surface area (Å²) in [4.78, 5) is 33.7. The number of halogens is 2. The van der Waals surface area contributed by atoms with Gasteiger partial charge in [-0.15, -0.1) is 0 Å². The average Bonchev–Trinajstić information content (AvgIpc) is 3.58. The maximum Gasteiger partial charge on any atom is 0.286 e. The monoisotopic (exact) mass is 634 g/mol. The molecule has 37 heavy (non-hydrogen) atoms. The third-order valence-electron chi connectivity index (χ3n) is 6.34. The second-order valence-corrected chi connectivity index (χ2v) is 11.7. The van der Waals surface area contributed by atoms with E-state index in [9.17, 15) is 9.59 Å². The van der Waals surface area contributed by atoms with Crippen LogP contribution in [0, 0.1) is 0 Å². The molecule has 1 amide bonds. The van der Waals surface area contributed by atoms with Crippen molar-refractivity contribution in [1.29, 1.82) is 0 Å². The van der Waals surface area contributed by atoms with E-state index in [2.05, 4.69) is 41.8 Å². The molecule has 5 rings (SSSR count). The summed E-state index contributed by atoms with van der Waals surface area (Å²) < 4.78 is 1.88. The van der Waals surface area contributed by atoms with Gasteiger partial charge in [-0.3, -0.25) is 9.59 Å². The van der Waals surface area contributed by atoms with E-state index in [-0.39, 0.29) is 18.1 Å². The molecule has 3 aromatic rings. The Hall–Kier alpha value is -2.74. The molecule has 0 atom stereocenters.